The van der Waals surface area contributed by atoms with Crippen molar-refractivity contribution in [1.29, 1.82) is 0 Å². The lowest BCUT2D eigenvalue weighted by Gasteiger charge is -2.29. The van der Waals surface area contributed by atoms with E-state index in [0.29, 0.717) is 6.54 Å². The zero-order valence-electron chi connectivity index (χ0n) is 18.4. The van der Waals surface area contributed by atoms with E-state index in [0.717, 1.165) is 54.0 Å². The van der Waals surface area contributed by atoms with Crippen LogP contribution in [-0.2, 0) is 20.7 Å². The molecule has 0 atom stereocenters. The molecule has 166 valence electrons. The summed E-state index contributed by atoms with van der Waals surface area (Å²) in [6.07, 6.45) is 0.278. The highest BCUT2D eigenvalue weighted by Gasteiger charge is 2.17. The SMILES string of the molecule is CCN(CC(=O)Nc1ccc(N2CCOCC2)cc1)C(=O)Cc1ccc2ccccc2c1. The fourth-order valence-electron chi connectivity index (χ4n) is 3.96. The molecule has 0 aliphatic carbocycles. The van der Waals surface area contributed by atoms with Crippen molar-refractivity contribution < 1.29 is 14.3 Å². The van der Waals surface area contributed by atoms with E-state index in [-0.39, 0.29) is 24.8 Å². The van der Waals surface area contributed by atoms with Gasteiger partial charge in [-0.05, 0) is 47.5 Å². The minimum absolute atomic E-state index is 0.0358. The van der Waals surface area contributed by atoms with Gasteiger partial charge >= 0.3 is 0 Å². The first-order valence-corrected chi connectivity index (χ1v) is 11.1. The molecule has 6 nitrogen and oxygen atoms in total. The summed E-state index contributed by atoms with van der Waals surface area (Å²) < 4.78 is 5.39. The van der Waals surface area contributed by atoms with Gasteiger partial charge in [0.05, 0.1) is 26.2 Å². The number of amides is 2. The summed E-state index contributed by atoms with van der Waals surface area (Å²) in [6.45, 7) is 5.62. The molecule has 1 aliphatic rings. The van der Waals surface area contributed by atoms with Crippen LogP contribution in [0.5, 0.6) is 0 Å². The molecule has 0 aromatic heterocycles. The highest BCUT2D eigenvalue weighted by Crippen LogP contribution is 2.19. The lowest BCUT2D eigenvalue weighted by Crippen LogP contribution is -2.38. The van der Waals surface area contributed by atoms with Crippen molar-refractivity contribution in [3.63, 3.8) is 0 Å². The van der Waals surface area contributed by atoms with Gasteiger partial charge in [0.2, 0.25) is 11.8 Å². The van der Waals surface area contributed by atoms with Crippen molar-refractivity contribution in [3.8, 4) is 0 Å². The fourth-order valence-corrected chi connectivity index (χ4v) is 3.96. The standard InChI is InChI=1S/C26H29N3O3/c1-2-28(26(31)18-20-7-8-21-5-3-4-6-22(21)17-20)19-25(30)27-23-9-11-24(12-10-23)29-13-15-32-16-14-29/h3-12,17H,2,13-16,18-19H2,1H3,(H,27,30). The summed E-state index contributed by atoms with van der Waals surface area (Å²) >= 11 is 0. The lowest BCUT2D eigenvalue weighted by atomic mass is 10.0. The van der Waals surface area contributed by atoms with Crippen molar-refractivity contribution >= 4 is 34.0 Å². The van der Waals surface area contributed by atoms with Crippen LogP contribution >= 0.6 is 0 Å². The van der Waals surface area contributed by atoms with Crippen LogP contribution in [0.4, 0.5) is 11.4 Å². The Kier molecular flexibility index (Phi) is 7.02. The molecule has 6 heteroatoms. The molecular weight excluding hydrogens is 402 g/mol. The van der Waals surface area contributed by atoms with Crippen molar-refractivity contribution in [2.24, 2.45) is 0 Å². The maximum atomic E-state index is 12.8. The van der Waals surface area contributed by atoms with E-state index in [1.54, 1.807) is 4.90 Å². The number of anilines is 2. The van der Waals surface area contributed by atoms with Crippen LogP contribution in [0.1, 0.15) is 12.5 Å². The number of nitrogens with zero attached hydrogens (tertiary/aromatic N) is 2. The van der Waals surface area contributed by atoms with Gasteiger partial charge in [-0.1, -0.05) is 42.5 Å². The van der Waals surface area contributed by atoms with Crippen LogP contribution in [0.25, 0.3) is 10.8 Å². The summed E-state index contributed by atoms with van der Waals surface area (Å²) in [4.78, 5) is 29.2. The third-order valence-corrected chi connectivity index (χ3v) is 5.77. The van der Waals surface area contributed by atoms with E-state index in [9.17, 15) is 9.59 Å². The Morgan fingerprint density at radius 3 is 2.41 bits per heavy atom. The number of morpholine rings is 1. The normalized spacial score (nSPS) is 13.7. The van der Waals surface area contributed by atoms with Gasteiger partial charge in [0, 0.05) is 31.0 Å². The minimum atomic E-state index is -0.196. The summed E-state index contributed by atoms with van der Waals surface area (Å²) in [5, 5.41) is 5.16. The van der Waals surface area contributed by atoms with Crippen molar-refractivity contribution in [2.75, 3.05) is 49.6 Å². The molecule has 1 heterocycles. The molecule has 4 rings (SSSR count). The molecule has 0 spiro atoms. The zero-order valence-corrected chi connectivity index (χ0v) is 18.4. The van der Waals surface area contributed by atoms with Gasteiger partial charge < -0.3 is 19.9 Å². The van der Waals surface area contributed by atoms with E-state index < -0.39 is 0 Å². The fraction of sp³-hybridized carbons (Fsp3) is 0.308. The van der Waals surface area contributed by atoms with E-state index in [2.05, 4.69) is 16.3 Å². The van der Waals surface area contributed by atoms with Gasteiger partial charge in [0.1, 0.15) is 0 Å². The summed E-state index contributed by atoms with van der Waals surface area (Å²) in [6, 6.07) is 21.9. The van der Waals surface area contributed by atoms with E-state index in [1.807, 2.05) is 67.6 Å². The lowest BCUT2D eigenvalue weighted by molar-refractivity contribution is -0.133. The average Bonchev–Trinajstić information content (AvgIpc) is 2.83. The van der Waals surface area contributed by atoms with Gasteiger partial charge in [-0.2, -0.15) is 0 Å². The molecule has 32 heavy (non-hydrogen) atoms. The molecule has 0 bridgehead atoms. The molecule has 1 fully saturated rings. The number of hydrogen-bond donors (Lipinski definition) is 1. The number of carbonyl (C=O) groups is 2. The molecule has 3 aromatic rings. The quantitative estimate of drug-likeness (QED) is 0.620. The predicted octanol–water partition coefficient (Wildman–Crippen LogP) is 3.71. The first kappa shape index (κ1) is 21.8. The number of ether oxygens (including phenoxy) is 1. The first-order chi connectivity index (χ1) is 15.6. The molecular formula is C26H29N3O3. The molecule has 2 amide bonds. The first-order valence-electron chi connectivity index (χ1n) is 11.1. The molecule has 0 unspecified atom stereocenters. The molecule has 0 saturated carbocycles. The molecule has 1 N–H and O–H groups in total. The Labute approximate surface area is 188 Å². The number of nitrogens with one attached hydrogen (secondary N) is 1. The zero-order chi connectivity index (χ0) is 22.3. The van der Waals surface area contributed by atoms with Crippen LogP contribution in [-0.4, -0.2) is 56.1 Å². The van der Waals surface area contributed by atoms with E-state index >= 15 is 0 Å². The molecule has 1 saturated heterocycles. The maximum Gasteiger partial charge on any atom is 0.243 e. The van der Waals surface area contributed by atoms with Crippen LogP contribution in [0.2, 0.25) is 0 Å². The van der Waals surface area contributed by atoms with E-state index in [4.69, 9.17) is 4.74 Å². The predicted molar refractivity (Wildman–Crippen MR) is 128 cm³/mol. The van der Waals surface area contributed by atoms with Crippen molar-refractivity contribution in [1.82, 2.24) is 4.90 Å². The van der Waals surface area contributed by atoms with Crippen LogP contribution < -0.4 is 10.2 Å². The average molecular weight is 432 g/mol. The third-order valence-electron chi connectivity index (χ3n) is 5.77. The Morgan fingerprint density at radius 1 is 0.969 bits per heavy atom. The third kappa shape index (κ3) is 5.45. The Balaban J connectivity index is 1.32. The highest BCUT2D eigenvalue weighted by molar-refractivity contribution is 5.95. The van der Waals surface area contributed by atoms with Crippen molar-refractivity contribution in [3.05, 3.63) is 72.3 Å². The molecule has 0 radical (unpaired) electrons. The van der Waals surface area contributed by atoms with Gasteiger partial charge in [-0.15, -0.1) is 0 Å². The monoisotopic (exact) mass is 431 g/mol. The summed E-state index contributed by atoms with van der Waals surface area (Å²) in [7, 11) is 0. The summed E-state index contributed by atoms with van der Waals surface area (Å²) in [5.74, 6) is -0.251. The molecule has 3 aromatic carbocycles. The number of hydrogen-bond acceptors (Lipinski definition) is 4. The number of rotatable bonds is 7. The maximum absolute atomic E-state index is 12.8. The second-order valence-corrected chi connectivity index (χ2v) is 7.96. The van der Waals surface area contributed by atoms with E-state index in [1.165, 1.54) is 0 Å². The topological polar surface area (TPSA) is 61.9 Å². The largest absolute Gasteiger partial charge is 0.378 e. The number of carbonyl (C=O) groups excluding carboxylic acids is 2. The Morgan fingerprint density at radius 2 is 1.69 bits per heavy atom. The van der Waals surface area contributed by atoms with Crippen LogP contribution in [0.15, 0.2) is 66.7 Å². The van der Waals surface area contributed by atoms with Crippen LogP contribution in [0.3, 0.4) is 0 Å². The Hall–Kier alpha value is -3.38. The van der Waals surface area contributed by atoms with Gasteiger partial charge in [-0.25, -0.2) is 0 Å². The van der Waals surface area contributed by atoms with Crippen molar-refractivity contribution in [2.45, 2.75) is 13.3 Å². The molecule has 1 aliphatic heterocycles. The van der Waals surface area contributed by atoms with Gasteiger partial charge in [0.15, 0.2) is 0 Å². The van der Waals surface area contributed by atoms with Crippen LogP contribution in [0, 0.1) is 0 Å². The second-order valence-electron chi connectivity index (χ2n) is 7.96. The van der Waals surface area contributed by atoms with Gasteiger partial charge in [-0.3, -0.25) is 9.59 Å². The number of benzene rings is 3. The smallest absolute Gasteiger partial charge is 0.243 e. The Bertz CT molecular complexity index is 1080. The number of fused-ring (bicyclic) bond motifs is 1. The highest BCUT2D eigenvalue weighted by atomic mass is 16.5. The summed E-state index contributed by atoms with van der Waals surface area (Å²) in [5.41, 5.74) is 2.79. The number of likely N-dealkylation sites (N-methyl/N-ethyl adjacent to an activating group) is 1. The second kappa shape index (κ2) is 10.3. The van der Waals surface area contributed by atoms with Gasteiger partial charge in [0.25, 0.3) is 0 Å². The minimum Gasteiger partial charge on any atom is -0.378 e.